The summed E-state index contributed by atoms with van der Waals surface area (Å²) in [5.41, 5.74) is 0.218. The number of rotatable bonds is 5. The zero-order chi connectivity index (χ0) is 42.9. The number of aryl methyl sites for hydroxylation is 1. The summed E-state index contributed by atoms with van der Waals surface area (Å²) in [6.45, 7) is 30.6. The molecule has 0 aliphatic carbocycles. The van der Waals surface area contributed by atoms with Crippen LogP contribution in [-0.4, -0.2) is 97.5 Å². The first kappa shape index (κ1) is 46.6. The lowest BCUT2D eigenvalue weighted by Gasteiger charge is -2.38. The molecule has 2 fully saturated rings. The number of amides is 2. The molecule has 2 amide bonds. The fourth-order valence-corrected chi connectivity index (χ4v) is 8.01. The van der Waals surface area contributed by atoms with Crippen LogP contribution in [0.5, 0.6) is 5.75 Å². The van der Waals surface area contributed by atoms with Gasteiger partial charge in [0, 0.05) is 31.6 Å². The highest BCUT2D eigenvalue weighted by Crippen LogP contribution is 2.42. The molecule has 1 N–H and O–H groups in total. The number of likely N-dealkylation sites (tertiary alicyclic amines) is 1. The number of nitrogens with zero attached hydrogens (tertiary/aromatic N) is 2. The van der Waals surface area contributed by atoms with E-state index in [0.717, 1.165) is 0 Å². The summed E-state index contributed by atoms with van der Waals surface area (Å²) in [5.74, 6) is -1.17. The molecule has 12 nitrogen and oxygen atoms in total. The zero-order valence-corrected chi connectivity index (χ0v) is 38.4. The Labute approximate surface area is 343 Å². The molecule has 0 radical (unpaired) electrons. The topological polar surface area (TPSA) is 133 Å². The van der Waals surface area contributed by atoms with E-state index in [9.17, 15) is 19.5 Å². The molecule has 0 aromatic heterocycles. The lowest BCUT2D eigenvalue weighted by atomic mass is 9.94. The average Bonchev–Trinajstić information content (AvgIpc) is 3.37. The number of cyclic esters (lactones) is 1. The maximum absolute atomic E-state index is 14.5. The van der Waals surface area contributed by atoms with Crippen LogP contribution >= 0.6 is 0 Å². The molecule has 2 saturated heterocycles. The molecule has 5 atom stereocenters. The van der Waals surface area contributed by atoms with Gasteiger partial charge in [-0.05, 0) is 130 Å². The van der Waals surface area contributed by atoms with Gasteiger partial charge in [0.1, 0.15) is 40.8 Å². The Hall–Kier alpha value is -3.13. The van der Waals surface area contributed by atoms with Gasteiger partial charge >= 0.3 is 18.2 Å². The molecule has 0 bridgehead atoms. The molecule has 3 heterocycles. The van der Waals surface area contributed by atoms with Crippen molar-refractivity contribution in [1.29, 1.82) is 0 Å². The van der Waals surface area contributed by atoms with Crippen LogP contribution < -0.4 is 9.33 Å². The van der Waals surface area contributed by atoms with Crippen LogP contribution in [0.4, 0.5) is 15.3 Å². The second-order valence-corrected chi connectivity index (χ2v) is 24.9. The summed E-state index contributed by atoms with van der Waals surface area (Å²) >= 11 is 0. The second kappa shape index (κ2) is 17.6. The minimum absolute atomic E-state index is 0.0567. The molecule has 57 heavy (non-hydrogen) atoms. The first-order chi connectivity index (χ1) is 26.1. The number of aliphatic hydroxyl groups excluding tert-OH is 1. The Morgan fingerprint density at radius 3 is 2.12 bits per heavy atom. The predicted octanol–water partition coefficient (Wildman–Crippen LogP) is 9.41. The molecule has 322 valence electrons. The van der Waals surface area contributed by atoms with Gasteiger partial charge in [-0.3, -0.25) is 4.90 Å². The van der Waals surface area contributed by atoms with Crippen molar-refractivity contribution in [3.63, 3.8) is 0 Å². The quantitative estimate of drug-likeness (QED) is 0.133. The van der Waals surface area contributed by atoms with E-state index >= 15 is 0 Å². The van der Waals surface area contributed by atoms with Gasteiger partial charge in [0.15, 0.2) is 5.79 Å². The molecular formula is C44H72N2O10Si. The van der Waals surface area contributed by atoms with Crippen molar-refractivity contribution in [3.05, 3.63) is 35.4 Å². The van der Waals surface area contributed by atoms with Crippen molar-refractivity contribution in [2.75, 3.05) is 24.5 Å². The molecule has 1 aromatic carbocycles. The summed E-state index contributed by atoms with van der Waals surface area (Å²) in [7, 11) is -2.56. The highest BCUT2D eigenvalue weighted by Gasteiger charge is 2.45. The van der Waals surface area contributed by atoms with Gasteiger partial charge < -0.3 is 38.1 Å². The standard InChI is InChI=1S/C44H72N2O10Si/c1-28-19-20-33(47)37-34(52-44(12,13)53-37)18-16-17-31-25-32(26-35(36(31)38(48)51-29(28)2)56-57(14,15)43(9,10)11)46(40(50)55-42(6,7)8)27-30-21-23-45(24-22-30)39(49)54-41(3,4)5/h19-20,25-26,28-30,33-34,37,47H,16-18,21-24,27H2,1-15H3/t28-,29+,33-,34+,37-/m1/s1. The first-order valence-electron chi connectivity index (χ1n) is 20.8. The number of carbonyl (C=O) groups is 3. The van der Waals surface area contributed by atoms with E-state index in [-0.39, 0.29) is 29.1 Å². The van der Waals surface area contributed by atoms with E-state index in [4.69, 9.17) is 28.1 Å². The third-order valence-corrected chi connectivity index (χ3v) is 15.7. The number of piperidine rings is 1. The zero-order valence-electron chi connectivity index (χ0n) is 37.4. The Morgan fingerprint density at radius 2 is 1.54 bits per heavy atom. The molecular weight excluding hydrogens is 745 g/mol. The lowest BCUT2D eigenvalue weighted by Crippen LogP contribution is -2.46. The molecule has 13 heteroatoms. The molecule has 0 unspecified atom stereocenters. The van der Waals surface area contributed by atoms with Gasteiger partial charge in [0.2, 0.25) is 0 Å². The second-order valence-electron chi connectivity index (χ2n) is 20.2. The van der Waals surface area contributed by atoms with Crippen molar-refractivity contribution in [3.8, 4) is 5.75 Å². The van der Waals surface area contributed by atoms with Gasteiger partial charge in [0.25, 0.3) is 8.32 Å². The minimum atomic E-state index is -2.56. The first-order valence-corrected chi connectivity index (χ1v) is 23.7. The van der Waals surface area contributed by atoms with Crippen LogP contribution in [0.2, 0.25) is 18.1 Å². The number of aliphatic hydroxyl groups is 1. The van der Waals surface area contributed by atoms with Crippen molar-refractivity contribution in [2.45, 2.75) is 182 Å². The molecule has 1 aromatic rings. The Morgan fingerprint density at radius 1 is 0.930 bits per heavy atom. The van der Waals surface area contributed by atoms with E-state index in [2.05, 4.69) is 33.9 Å². The molecule has 0 saturated carbocycles. The van der Waals surface area contributed by atoms with Gasteiger partial charge in [0.05, 0.1) is 11.8 Å². The van der Waals surface area contributed by atoms with Crippen LogP contribution in [0.15, 0.2) is 24.3 Å². The van der Waals surface area contributed by atoms with Gasteiger partial charge in [-0.1, -0.05) is 39.8 Å². The SMILES string of the molecule is C[C@@H]1C=C[C@@H](O)[C@H]2OC(C)(C)O[C@H]2CCCc2cc(N(CC3CCN(C(=O)OC(C)(C)C)CC3)C(=O)OC(C)(C)C)cc(O[Si](C)(C)C(C)(C)C)c2C(=O)O[C@H]1C. The van der Waals surface area contributed by atoms with Gasteiger partial charge in [-0.25, -0.2) is 14.4 Å². The van der Waals surface area contributed by atoms with Crippen molar-refractivity contribution < 1.29 is 47.6 Å². The van der Waals surface area contributed by atoms with E-state index in [1.807, 2.05) is 81.4 Å². The third-order valence-electron chi connectivity index (χ3n) is 11.3. The largest absolute Gasteiger partial charge is 0.543 e. The number of carbonyl (C=O) groups excluding carboxylic acids is 3. The Kier molecular flexibility index (Phi) is 14.4. The summed E-state index contributed by atoms with van der Waals surface area (Å²) in [6.07, 6.45) is 3.22. The maximum Gasteiger partial charge on any atom is 0.414 e. The highest BCUT2D eigenvalue weighted by atomic mass is 28.4. The van der Waals surface area contributed by atoms with Crippen LogP contribution in [-0.2, 0) is 30.1 Å². The van der Waals surface area contributed by atoms with Crippen LogP contribution in [0.3, 0.4) is 0 Å². The Bertz CT molecular complexity index is 1610. The number of benzene rings is 1. The number of hydrogen-bond acceptors (Lipinski definition) is 10. The number of hydrogen-bond donors (Lipinski definition) is 1. The van der Waals surface area contributed by atoms with Crippen molar-refractivity contribution in [1.82, 2.24) is 4.90 Å². The van der Waals surface area contributed by atoms with Gasteiger partial charge in [-0.15, -0.1) is 0 Å². The minimum Gasteiger partial charge on any atom is -0.543 e. The molecule has 0 spiro atoms. The summed E-state index contributed by atoms with van der Waals surface area (Å²) in [6, 6.07) is 3.71. The average molecular weight is 817 g/mol. The number of ether oxygens (including phenoxy) is 5. The fraction of sp³-hybridized carbons (Fsp3) is 0.750. The van der Waals surface area contributed by atoms with Crippen molar-refractivity contribution in [2.24, 2.45) is 11.8 Å². The highest BCUT2D eigenvalue weighted by molar-refractivity contribution is 6.74. The smallest absolute Gasteiger partial charge is 0.414 e. The van der Waals surface area contributed by atoms with Crippen LogP contribution in [0.1, 0.15) is 132 Å². The number of fused-ring (bicyclic) bond motifs is 2. The van der Waals surface area contributed by atoms with E-state index in [0.29, 0.717) is 74.3 Å². The van der Waals surface area contributed by atoms with Crippen molar-refractivity contribution >= 4 is 32.2 Å². The monoisotopic (exact) mass is 816 g/mol. The van der Waals surface area contributed by atoms with E-state index in [1.54, 1.807) is 21.9 Å². The maximum atomic E-state index is 14.5. The summed E-state index contributed by atoms with van der Waals surface area (Å²) < 4.78 is 37.4. The Balaban J connectivity index is 1.82. The normalized spacial score (nSPS) is 25.4. The van der Waals surface area contributed by atoms with Gasteiger partial charge in [-0.2, -0.15) is 0 Å². The van der Waals surface area contributed by atoms with Crippen LogP contribution in [0, 0.1) is 11.8 Å². The van der Waals surface area contributed by atoms with E-state index < -0.39 is 55.7 Å². The summed E-state index contributed by atoms with van der Waals surface area (Å²) in [5, 5.41) is 11.0. The lowest BCUT2D eigenvalue weighted by molar-refractivity contribution is -0.153. The predicted molar refractivity (Wildman–Crippen MR) is 224 cm³/mol. The molecule has 4 rings (SSSR count). The van der Waals surface area contributed by atoms with Crippen LogP contribution in [0.25, 0.3) is 0 Å². The molecule has 3 aliphatic heterocycles. The third kappa shape index (κ3) is 12.7. The van der Waals surface area contributed by atoms with E-state index in [1.165, 1.54) is 0 Å². The fourth-order valence-electron chi connectivity index (χ4n) is 7.00. The number of esters is 1. The summed E-state index contributed by atoms with van der Waals surface area (Å²) in [4.78, 5) is 45.0. The molecule has 3 aliphatic rings. The number of anilines is 1.